The van der Waals surface area contributed by atoms with Crippen LogP contribution < -0.4 is 10.5 Å². The van der Waals surface area contributed by atoms with Gasteiger partial charge in [0.15, 0.2) is 0 Å². The summed E-state index contributed by atoms with van der Waals surface area (Å²) in [5.74, 6) is -1.92. The normalized spacial score (nSPS) is 13.6. The highest BCUT2D eigenvalue weighted by molar-refractivity contribution is 7.89. The molecule has 0 saturated heterocycles. The Morgan fingerprint density at radius 1 is 1.39 bits per heavy atom. The molecule has 1 aromatic carbocycles. The molecule has 7 heteroatoms. The lowest BCUT2D eigenvalue weighted by Crippen LogP contribution is -2.33. The van der Waals surface area contributed by atoms with Crippen LogP contribution in [0.1, 0.15) is 19.8 Å². The molecule has 0 aromatic heterocycles. The van der Waals surface area contributed by atoms with Gasteiger partial charge in [0.05, 0.1) is 0 Å². The third-order valence-corrected chi connectivity index (χ3v) is 4.00. The van der Waals surface area contributed by atoms with Crippen LogP contribution in [0, 0.1) is 11.6 Å². The Bertz CT molecular complexity index is 506. The first-order chi connectivity index (χ1) is 8.36. The van der Waals surface area contributed by atoms with Crippen LogP contribution in [0.25, 0.3) is 0 Å². The second-order valence-electron chi connectivity index (χ2n) is 4.03. The average Bonchev–Trinajstić information content (AvgIpc) is 2.25. The molecule has 0 radical (unpaired) electrons. The predicted molar refractivity (Wildman–Crippen MR) is 64.4 cm³/mol. The fourth-order valence-electron chi connectivity index (χ4n) is 1.50. The molecule has 0 aliphatic rings. The van der Waals surface area contributed by atoms with E-state index in [-0.39, 0.29) is 6.04 Å². The van der Waals surface area contributed by atoms with Gasteiger partial charge in [-0.05, 0) is 38.4 Å². The summed E-state index contributed by atoms with van der Waals surface area (Å²) < 4.78 is 52.1. The summed E-state index contributed by atoms with van der Waals surface area (Å²) >= 11 is 0. The van der Waals surface area contributed by atoms with Crippen LogP contribution >= 0.6 is 0 Å². The summed E-state index contributed by atoms with van der Waals surface area (Å²) in [4.78, 5) is -0.552. The molecule has 3 N–H and O–H groups in total. The van der Waals surface area contributed by atoms with Gasteiger partial charge in [0.1, 0.15) is 16.5 Å². The fraction of sp³-hybridized carbons (Fsp3) is 0.455. The smallest absolute Gasteiger partial charge is 0.243 e. The Morgan fingerprint density at radius 2 is 2.06 bits per heavy atom. The summed E-state index contributed by atoms with van der Waals surface area (Å²) in [7, 11) is -3.97. The van der Waals surface area contributed by atoms with Crippen LogP contribution in [0.15, 0.2) is 23.1 Å². The predicted octanol–water partition coefficient (Wildman–Crippen LogP) is 1.37. The van der Waals surface area contributed by atoms with Crippen molar-refractivity contribution >= 4 is 10.0 Å². The minimum Gasteiger partial charge on any atom is -0.330 e. The second-order valence-corrected chi connectivity index (χ2v) is 5.71. The zero-order chi connectivity index (χ0) is 13.8. The zero-order valence-electron chi connectivity index (χ0n) is 9.99. The molecule has 0 saturated carbocycles. The van der Waals surface area contributed by atoms with Gasteiger partial charge in [-0.1, -0.05) is 0 Å². The third kappa shape index (κ3) is 4.01. The average molecular weight is 278 g/mol. The molecule has 0 aliphatic carbocycles. The van der Waals surface area contributed by atoms with Crippen LogP contribution in [-0.4, -0.2) is 21.0 Å². The van der Waals surface area contributed by atoms with Crippen molar-refractivity contribution in [1.29, 1.82) is 0 Å². The summed E-state index contributed by atoms with van der Waals surface area (Å²) in [5.41, 5.74) is 5.31. The van der Waals surface area contributed by atoms with E-state index in [9.17, 15) is 17.2 Å². The minimum absolute atomic E-state index is 0.358. The van der Waals surface area contributed by atoms with Gasteiger partial charge < -0.3 is 5.73 Å². The van der Waals surface area contributed by atoms with E-state index in [0.29, 0.717) is 25.5 Å². The molecule has 1 atom stereocenters. The van der Waals surface area contributed by atoms with Crippen molar-refractivity contribution in [3.63, 3.8) is 0 Å². The van der Waals surface area contributed by atoms with Crippen molar-refractivity contribution in [2.24, 2.45) is 5.73 Å². The van der Waals surface area contributed by atoms with Gasteiger partial charge in [-0.15, -0.1) is 0 Å². The topological polar surface area (TPSA) is 72.2 Å². The van der Waals surface area contributed by atoms with Gasteiger partial charge in [0.2, 0.25) is 10.0 Å². The Labute approximate surface area is 105 Å². The molecule has 0 bridgehead atoms. The lowest BCUT2D eigenvalue weighted by atomic mass is 10.2. The van der Waals surface area contributed by atoms with Gasteiger partial charge >= 0.3 is 0 Å². The monoisotopic (exact) mass is 278 g/mol. The maximum atomic E-state index is 13.4. The standard InChI is InChI=1S/C11H16F2N2O2S/c1-8(3-2-6-14)15-18(16,17)11-5-4-9(12)7-10(11)13/h4-5,7-8,15H,2-3,6,14H2,1H3. The van der Waals surface area contributed by atoms with Crippen molar-refractivity contribution in [1.82, 2.24) is 4.72 Å². The van der Waals surface area contributed by atoms with Gasteiger partial charge in [0.25, 0.3) is 0 Å². The van der Waals surface area contributed by atoms with Crippen LogP contribution in [0.4, 0.5) is 8.78 Å². The van der Waals surface area contributed by atoms with Gasteiger partial charge in [0, 0.05) is 12.1 Å². The highest BCUT2D eigenvalue weighted by atomic mass is 32.2. The van der Waals surface area contributed by atoms with E-state index in [1.165, 1.54) is 0 Å². The summed E-state index contributed by atoms with van der Waals surface area (Å²) in [5, 5.41) is 0. The third-order valence-electron chi connectivity index (χ3n) is 2.38. The van der Waals surface area contributed by atoms with Crippen molar-refractivity contribution < 1.29 is 17.2 Å². The quantitative estimate of drug-likeness (QED) is 0.825. The second kappa shape index (κ2) is 6.21. The van der Waals surface area contributed by atoms with Crippen molar-refractivity contribution in [3.8, 4) is 0 Å². The van der Waals surface area contributed by atoms with E-state index in [2.05, 4.69) is 4.72 Å². The highest BCUT2D eigenvalue weighted by Crippen LogP contribution is 2.16. The molecule has 4 nitrogen and oxygen atoms in total. The maximum absolute atomic E-state index is 13.4. The van der Waals surface area contributed by atoms with E-state index >= 15 is 0 Å². The molecule has 1 rings (SSSR count). The number of nitrogens with one attached hydrogen (secondary N) is 1. The van der Waals surface area contributed by atoms with Crippen LogP contribution in [0.5, 0.6) is 0 Å². The molecule has 0 heterocycles. The highest BCUT2D eigenvalue weighted by Gasteiger charge is 2.21. The summed E-state index contributed by atoms with van der Waals surface area (Å²) in [6.45, 7) is 2.12. The molecule has 0 spiro atoms. The van der Waals surface area contributed by atoms with E-state index in [0.717, 1.165) is 12.1 Å². The van der Waals surface area contributed by atoms with Gasteiger partial charge in [-0.2, -0.15) is 0 Å². The molecule has 18 heavy (non-hydrogen) atoms. The van der Waals surface area contributed by atoms with Gasteiger partial charge in [-0.25, -0.2) is 21.9 Å². The van der Waals surface area contributed by atoms with E-state index in [1.807, 2.05) is 0 Å². The van der Waals surface area contributed by atoms with E-state index in [4.69, 9.17) is 5.73 Å². The Hall–Kier alpha value is -1.05. The molecular formula is C11H16F2N2O2S. The molecule has 0 fully saturated rings. The summed E-state index contributed by atoms with van der Waals surface area (Å²) in [6.07, 6.45) is 1.22. The van der Waals surface area contributed by atoms with Crippen molar-refractivity contribution in [2.45, 2.75) is 30.7 Å². The SMILES string of the molecule is CC(CCCN)NS(=O)(=O)c1ccc(F)cc1F. The molecular weight excluding hydrogens is 262 g/mol. The van der Waals surface area contributed by atoms with Crippen LogP contribution in [0.3, 0.4) is 0 Å². The Kier molecular flexibility index (Phi) is 5.18. The molecule has 1 aromatic rings. The van der Waals surface area contributed by atoms with Gasteiger partial charge in [-0.3, -0.25) is 0 Å². The Balaban J connectivity index is 2.86. The largest absolute Gasteiger partial charge is 0.330 e. The number of sulfonamides is 1. The van der Waals surface area contributed by atoms with Crippen molar-refractivity contribution in [2.75, 3.05) is 6.54 Å². The maximum Gasteiger partial charge on any atom is 0.243 e. The summed E-state index contributed by atoms with van der Waals surface area (Å²) in [6, 6.07) is 1.99. The number of benzene rings is 1. The molecule has 0 amide bonds. The van der Waals surface area contributed by atoms with Crippen molar-refractivity contribution in [3.05, 3.63) is 29.8 Å². The number of hydrogen-bond acceptors (Lipinski definition) is 3. The minimum atomic E-state index is -3.97. The first kappa shape index (κ1) is 15.0. The van der Waals surface area contributed by atoms with Crippen LogP contribution in [-0.2, 0) is 10.0 Å². The zero-order valence-corrected chi connectivity index (χ0v) is 10.8. The number of rotatable bonds is 6. The Morgan fingerprint density at radius 3 is 2.61 bits per heavy atom. The fourth-order valence-corrected chi connectivity index (χ4v) is 2.84. The lowest BCUT2D eigenvalue weighted by molar-refractivity contribution is 0.522. The van der Waals surface area contributed by atoms with E-state index < -0.39 is 26.6 Å². The number of hydrogen-bond donors (Lipinski definition) is 2. The first-order valence-electron chi connectivity index (χ1n) is 5.54. The van der Waals surface area contributed by atoms with E-state index in [1.54, 1.807) is 6.92 Å². The molecule has 102 valence electrons. The number of halogens is 2. The number of nitrogens with two attached hydrogens (primary N) is 1. The first-order valence-corrected chi connectivity index (χ1v) is 7.02. The van der Waals surface area contributed by atoms with Crippen LogP contribution in [0.2, 0.25) is 0 Å². The molecule has 0 aliphatic heterocycles. The molecule has 1 unspecified atom stereocenters. The lowest BCUT2D eigenvalue weighted by Gasteiger charge is -2.14.